The Morgan fingerprint density at radius 2 is 1.91 bits per heavy atom. The number of phenolic OH excluding ortho intramolecular Hbond substituents is 2. The van der Waals surface area contributed by atoms with Crippen LogP contribution in [0.3, 0.4) is 0 Å². The van der Waals surface area contributed by atoms with E-state index in [1.54, 1.807) is 0 Å². The van der Waals surface area contributed by atoms with Crippen molar-refractivity contribution in [2.45, 2.75) is 43.9 Å². The van der Waals surface area contributed by atoms with Crippen molar-refractivity contribution < 1.29 is 61.6 Å². The minimum absolute atomic E-state index is 0.0228. The van der Waals surface area contributed by atoms with Crippen LogP contribution in [0.5, 0.6) is 11.5 Å². The van der Waals surface area contributed by atoms with Crippen LogP contribution in [-0.2, 0) is 29.5 Å². The number of hydrogen-bond donors (Lipinski definition) is 6. The largest absolute Gasteiger partial charge is 0.503 e. The van der Waals surface area contributed by atoms with Crippen LogP contribution < -0.4 is 11.1 Å². The second-order valence-corrected chi connectivity index (χ2v) is 15.2. The van der Waals surface area contributed by atoms with Gasteiger partial charge in [-0.15, -0.1) is 0 Å². The van der Waals surface area contributed by atoms with E-state index in [9.17, 15) is 52.3 Å². The highest BCUT2D eigenvalue weighted by Gasteiger charge is 2.51. The van der Waals surface area contributed by atoms with Crippen LogP contribution in [0.4, 0.5) is 0 Å². The van der Waals surface area contributed by atoms with E-state index in [0.717, 1.165) is 31.7 Å². The highest BCUT2D eigenvalue weighted by Crippen LogP contribution is 2.42. The van der Waals surface area contributed by atoms with E-state index in [1.165, 1.54) is 11.0 Å². The van der Waals surface area contributed by atoms with Crippen LogP contribution in [0.15, 0.2) is 31.8 Å². The lowest BCUT2D eigenvalue weighted by molar-refractivity contribution is -0.161. The average Bonchev–Trinajstić information content (AvgIpc) is 3.86. The molecule has 2 aromatic rings. The summed E-state index contributed by atoms with van der Waals surface area (Å²) >= 11 is 13.0. The number of amidine groups is 1. The van der Waals surface area contributed by atoms with Crippen LogP contribution >= 0.6 is 35.0 Å². The molecule has 3 atom stereocenters. The Morgan fingerprint density at radius 1 is 1.21 bits per heavy atom. The van der Waals surface area contributed by atoms with Gasteiger partial charge in [0.1, 0.15) is 17.8 Å². The number of aliphatic imine (C=N–C) groups is 2. The number of aromatic nitrogens is 1. The first kappa shape index (κ1) is 39.2. The second kappa shape index (κ2) is 14.8. The summed E-state index contributed by atoms with van der Waals surface area (Å²) in [4.78, 5) is 77.7. The average molecular weight is 820 g/mol. The summed E-state index contributed by atoms with van der Waals surface area (Å²) in [5.74, 6) is -7.78. The summed E-state index contributed by atoms with van der Waals surface area (Å²) in [7, 11) is -5.21. The number of nitrogens with zero attached hydrogens (tertiary/aromatic N) is 6. The number of halogens is 2. The van der Waals surface area contributed by atoms with E-state index >= 15 is 0 Å². The Morgan fingerprint density at radius 3 is 2.53 bits per heavy atom. The Hall–Kier alpha value is -4.97. The highest BCUT2D eigenvalue weighted by molar-refractivity contribution is 8.14. The molecule has 0 bridgehead atoms. The number of phenols is 2. The normalized spacial score (nSPS) is 21.4. The summed E-state index contributed by atoms with van der Waals surface area (Å²) in [6, 6.07) is -0.383. The molecule has 4 heterocycles. The quantitative estimate of drug-likeness (QED) is 0.0588. The minimum Gasteiger partial charge on any atom is -0.503 e. The van der Waals surface area contributed by atoms with E-state index < -0.39 is 98.0 Å². The van der Waals surface area contributed by atoms with Crippen LogP contribution in [-0.4, -0.2) is 132 Å². The highest BCUT2D eigenvalue weighted by atomic mass is 35.5. The van der Waals surface area contributed by atoms with Gasteiger partial charge in [-0.2, -0.15) is 8.42 Å². The molecule has 1 aromatic heterocycles. The van der Waals surface area contributed by atoms with Crippen molar-refractivity contribution >= 4 is 91.5 Å². The molecule has 53 heavy (non-hydrogen) atoms. The molecule has 21 nitrogen and oxygen atoms in total. The maximum Gasteiger partial charge on any atom is 0.363 e. The van der Waals surface area contributed by atoms with Gasteiger partial charge in [-0.05, 0) is 26.3 Å². The molecule has 3 aliphatic rings. The molecule has 2 fully saturated rings. The molecule has 5 rings (SSSR count). The number of likely N-dealkylation sites (tertiary alicyclic amines) is 1. The van der Waals surface area contributed by atoms with Gasteiger partial charge < -0.3 is 40.6 Å². The maximum absolute atomic E-state index is 13.3. The summed E-state index contributed by atoms with van der Waals surface area (Å²) < 4.78 is 38.8. The first-order valence-electron chi connectivity index (χ1n) is 15.0. The van der Waals surface area contributed by atoms with Gasteiger partial charge in [-0.1, -0.05) is 45.3 Å². The topological polar surface area (TPSA) is 317 Å². The standard InChI is InChI=1S/C28H28Cl2N8O13S2/c1-28(2,26(45)46)51-36-18(14-9-52-27(31)33-14)23(42)34-19-15(38(25(19)44)53(47,48)49)7-32-22(41)16-6-13(35-50-16)10-3-4-37(8-10)24(43)11-5-12(29)20(39)21(40)17(11)30/h5-6,10,14-15,39-40H,3-4,7-9H2,1-2H3,(H2,31,33)(H,32,41)(H,45,46)(H,47,48,49)/b34-19-,36-18-/t10-,14?,15+/m1/s1. The van der Waals surface area contributed by atoms with Crippen LogP contribution in [0.25, 0.3) is 0 Å². The van der Waals surface area contributed by atoms with Crippen molar-refractivity contribution in [1.82, 2.24) is 19.7 Å². The van der Waals surface area contributed by atoms with E-state index in [2.05, 4.69) is 25.6 Å². The van der Waals surface area contributed by atoms with Crippen molar-refractivity contribution in [3.63, 3.8) is 0 Å². The zero-order valence-corrected chi connectivity index (χ0v) is 30.4. The van der Waals surface area contributed by atoms with E-state index in [1.807, 2.05) is 0 Å². The molecular formula is C28H28Cl2N8O13S2. The third kappa shape index (κ3) is 8.02. The molecule has 25 heteroatoms. The molecule has 0 spiro atoms. The van der Waals surface area contributed by atoms with Crippen LogP contribution in [0, 0.1) is 0 Å². The molecule has 1 aromatic carbocycles. The Bertz CT molecular complexity index is 2120. The number of oxime groups is 1. The fraction of sp³-hybridized carbons (Fsp3) is 0.393. The van der Waals surface area contributed by atoms with Gasteiger partial charge in [0, 0.05) is 37.4 Å². The minimum atomic E-state index is -5.21. The number of carboxylic acids is 1. The van der Waals surface area contributed by atoms with Crippen molar-refractivity contribution in [3.05, 3.63) is 39.2 Å². The number of carbonyl (C=O) groups excluding carboxylic acids is 4. The molecule has 284 valence electrons. The molecule has 1 unspecified atom stereocenters. The smallest absolute Gasteiger partial charge is 0.363 e. The van der Waals surface area contributed by atoms with Gasteiger partial charge >= 0.3 is 16.3 Å². The molecule has 0 radical (unpaired) electrons. The number of carboxylic acid groups (broad SMARTS) is 1. The predicted octanol–water partition coefficient (Wildman–Crippen LogP) is 0.399. The fourth-order valence-electron chi connectivity index (χ4n) is 5.13. The van der Waals surface area contributed by atoms with Gasteiger partial charge in [-0.3, -0.25) is 28.7 Å². The van der Waals surface area contributed by atoms with Gasteiger partial charge in [0.05, 0.1) is 21.3 Å². The van der Waals surface area contributed by atoms with Gasteiger partial charge in [0.15, 0.2) is 22.4 Å². The summed E-state index contributed by atoms with van der Waals surface area (Å²) in [6.07, 6.45) is 0.373. The number of aromatic hydroxyl groups is 2. The summed E-state index contributed by atoms with van der Waals surface area (Å²) in [5.41, 5.74) is 2.62. The third-order valence-electron chi connectivity index (χ3n) is 8.08. The molecule has 7 N–H and O–H groups in total. The second-order valence-electron chi connectivity index (χ2n) is 12.1. The number of benzene rings is 1. The Balaban J connectivity index is 1.29. The number of hydrogen-bond acceptors (Lipinski definition) is 16. The molecule has 0 saturated carbocycles. The van der Waals surface area contributed by atoms with Crippen molar-refractivity contribution in [2.24, 2.45) is 20.9 Å². The molecular weight excluding hydrogens is 791 g/mol. The zero-order valence-electron chi connectivity index (χ0n) is 27.2. The molecule has 0 aliphatic carbocycles. The lowest BCUT2D eigenvalue weighted by atomic mass is 10.0. The Labute approximate surface area is 312 Å². The number of carbonyl (C=O) groups is 5. The lowest BCUT2D eigenvalue weighted by Crippen LogP contribution is -2.67. The maximum atomic E-state index is 13.3. The third-order valence-corrected chi connectivity index (χ3v) is 10.6. The fourth-order valence-corrected chi connectivity index (χ4v) is 7.12. The summed E-state index contributed by atoms with van der Waals surface area (Å²) in [6.45, 7) is 1.88. The van der Waals surface area contributed by atoms with E-state index in [-0.39, 0.29) is 50.4 Å². The number of amides is 4. The number of nitrogens with one attached hydrogen (secondary N) is 1. The monoisotopic (exact) mass is 818 g/mol. The van der Waals surface area contributed by atoms with Crippen molar-refractivity contribution in [2.75, 3.05) is 25.4 Å². The van der Waals surface area contributed by atoms with Crippen molar-refractivity contribution in [1.29, 1.82) is 0 Å². The Kier molecular flexibility index (Phi) is 11.0. The summed E-state index contributed by atoms with van der Waals surface area (Å²) in [5, 5.41) is 38.3. The number of aliphatic carboxylic acids is 1. The van der Waals surface area contributed by atoms with Crippen molar-refractivity contribution in [3.8, 4) is 11.5 Å². The number of thioether (sulfide) groups is 1. The molecule has 4 amide bonds. The first-order chi connectivity index (χ1) is 24.7. The molecule has 3 aliphatic heterocycles. The van der Waals surface area contributed by atoms with Crippen LogP contribution in [0.1, 0.15) is 52.8 Å². The number of β-lactam (4-membered cyclic amide) rings is 1. The van der Waals surface area contributed by atoms with Gasteiger partial charge in [0.25, 0.3) is 23.6 Å². The lowest BCUT2D eigenvalue weighted by Gasteiger charge is -2.37. The van der Waals surface area contributed by atoms with Gasteiger partial charge in [0.2, 0.25) is 11.4 Å². The zero-order chi connectivity index (χ0) is 39.2. The van der Waals surface area contributed by atoms with Gasteiger partial charge in [-0.25, -0.2) is 14.1 Å². The first-order valence-corrected chi connectivity index (χ1v) is 18.2. The number of rotatable bonds is 11. The van der Waals surface area contributed by atoms with Crippen LogP contribution in [0.2, 0.25) is 10.0 Å². The van der Waals surface area contributed by atoms with E-state index in [0.29, 0.717) is 6.42 Å². The number of nitrogens with two attached hydrogens (primary N) is 1. The van der Waals surface area contributed by atoms with E-state index in [4.69, 9.17) is 38.3 Å². The predicted molar refractivity (Wildman–Crippen MR) is 185 cm³/mol. The SMILES string of the molecule is CC(C)(O/N=C(\C(=O)/N=C1\C(=O)N(S(=O)(=O)O)[C@H]1CNC(=O)c1cc([C@@H]2CCN(C(=O)c3cc(Cl)c(O)c(O)c3Cl)C2)no1)C1CSC(N)=N1)C(=O)O. The molecule has 2 saturated heterocycles.